The Morgan fingerprint density at radius 3 is 2.42 bits per heavy atom. The maximum Gasteiger partial charge on any atom is 0.239 e. The first kappa shape index (κ1) is 10.2. The molecule has 0 saturated carbocycles. The first-order chi connectivity index (χ1) is 5.41. The normalized spacial score (nSPS) is 11.6. The second-order valence-electron chi connectivity index (χ2n) is 2.12. The van der Waals surface area contributed by atoms with E-state index in [2.05, 4.69) is 0 Å². The molecular weight excluding hydrogens is 312 g/mol. The van der Waals surface area contributed by atoms with Gasteiger partial charge in [0, 0.05) is 3.57 Å². The highest BCUT2D eigenvalue weighted by atomic mass is 127. The van der Waals surface area contributed by atoms with Crippen LogP contribution in [0, 0.1) is 3.57 Å². The molecule has 2 N–H and O–H groups in total. The molecule has 1 rings (SSSR count). The van der Waals surface area contributed by atoms with Gasteiger partial charge in [-0.2, -0.15) is 0 Å². The van der Waals surface area contributed by atoms with E-state index < -0.39 is 10.0 Å². The number of hydrogen-bond acceptors (Lipinski definition) is 2. The minimum atomic E-state index is -3.69. The van der Waals surface area contributed by atoms with Gasteiger partial charge in [0.2, 0.25) is 10.0 Å². The summed E-state index contributed by atoms with van der Waals surface area (Å²) in [7, 11) is -3.69. The van der Waals surface area contributed by atoms with Gasteiger partial charge in [-0.1, -0.05) is 11.6 Å². The zero-order chi connectivity index (χ0) is 9.35. The number of primary sulfonamides is 1. The van der Waals surface area contributed by atoms with Gasteiger partial charge in [-0.15, -0.1) is 0 Å². The van der Waals surface area contributed by atoms with E-state index in [-0.39, 0.29) is 9.92 Å². The number of nitrogens with two attached hydrogens (primary N) is 1. The molecule has 3 nitrogen and oxygen atoms in total. The Morgan fingerprint density at radius 2 is 2.00 bits per heavy atom. The van der Waals surface area contributed by atoms with Gasteiger partial charge in [0.05, 0.1) is 5.02 Å². The Labute approximate surface area is 89.1 Å². The van der Waals surface area contributed by atoms with Crippen molar-refractivity contribution in [1.29, 1.82) is 0 Å². The lowest BCUT2D eigenvalue weighted by atomic mass is 10.4. The molecular formula is C6H5ClINO2S. The summed E-state index contributed by atoms with van der Waals surface area (Å²) in [6, 6.07) is 4.56. The van der Waals surface area contributed by atoms with Crippen LogP contribution < -0.4 is 5.14 Å². The third-order valence-electron chi connectivity index (χ3n) is 1.20. The molecule has 0 heterocycles. The van der Waals surface area contributed by atoms with Crippen LogP contribution in [0.4, 0.5) is 0 Å². The minimum absolute atomic E-state index is 0.0374. The molecule has 1 aromatic carbocycles. The van der Waals surface area contributed by atoms with Crippen molar-refractivity contribution in [2.24, 2.45) is 5.14 Å². The third kappa shape index (κ3) is 2.32. The molecule has 6 heteroatoms. The standard InChI is InChI=1S/C6H5ClINO2S/c7-5-3-4(8)1-2-6(5)12(9,10)11/h1-3H,(H2,9,10,11). The SMILES string of the molecule is NS(=O)(=O)c1ccc(I)cc1Cl. The highest BCUT2D eigenvalue weighted by molar-refractivity contribution is 14.1. The fourth-order valence-electron chi connectivity index (χ4n) is 0.706. The molecule has 0 aliphatic rings. The van der Waals surface area contributed by atoms with Gasteiger partial charge in [-0.25, -0.2) is 13.6 Å². The van der Waals surface area contributed by atoms with Crippen LogP contribution in [0.1, 0.15) is 0 Å². The smallest absolute Gasteiger partial charge is 0.225 e. The number of sulfonamides is 1. The van der Waals surface area contributed by atoms with E-state index in [9.17, 15) is 8.42 Å². The summed E-state index contributed by atoms with van der Waals surface area (Å²) in [4.78, 5) is -0.0374. The summed E-state index contributed by atoms with van der Waals surface area (Å²) in [6.45, 7) is 0. The van der Waals surface area contributed by atoms with Crippen LogP contribution in [-0.2, 0) is 10.0 Å². The second kappa shape index (κ2) is 3.49. The van der Waals surface area contributed by atoms with Crippen molar-refractivity contribution in [3.8, 4) is 0 Å². The van der Waals surface area contributed by atoms with Crippen molar-refractivity contribution in [2.45, 2.75) is 4.90 Å². The van der Waals surface area contributed by atoms with Gasteiger partial charge < -0.3 is 0 Å². The van der Waals surface area contributed by atoms with Gasteiger partial charge in [0.1, 0.15) is 4.90 Å². The lowest BCUT2D eigenvalue weighted by molar-refractivity contribution is 0.598. The van der Waals surface area contributed by atoms with Gasteiger partial charge in [0.15, 0.2) is 0 Å². The van der Waals surface area contributed by atoms with Crippen LogP contribution in [0.2, 0.25) is 5.02 Å². The molecule has 0 amide bonds. The molecule has 0 fully saturated rings. The molecule has 0 bridgehead atoms. The maximum atomic E-state index is 10.9. The van der Waals surface area contributed by atoms with Crippen LogP contribution in [-0.4, -0.2) is 8.42 Å². The summed E-state index contributed by atoms with van der Waals surface area (Å²) in [6.07, 6.45) is 0. The van der Waals surface area contributed by atoms with Crippen molar-refractivity contribution >= 4 is 44.2 Å². The Morgan fingerprint density at radius 1 is 1.42 bits per heavy atom. The van der Waals surface area contributed by atoms with Crippen LogP contribution in [0.25, 0.3) is 0 Å². The highest BCUT2D eigenvalue weighted by Crippen LogP contribution is 2.21. The first-order valence-corrected chi connectivity index (χ1v) is 5.89. The van der Waals surface area contributed by atoms with E-state index in [1.807, 2.05) is 22.6 Å². The van der Waals surface area contributed by atoms with E-state index in [4.69, 9.17) is 16.7 Å². The van der Waals surface area contributed by atoms with Crippen molar-refractivity contribution in [3.05, 3.63) is 26.8 Å². The molecule has 0 aromatic heterocycles. The fourth-order valence-corrected chi connectivity index (χ4v) is 2.47. The van der Waals surface area contributed by atoms with E-state index in [1.165, 1.54) is 6.07 Å². The zero-order valence-electron chi connectivity index (χ0n) is 5.79. The van der Waals surface area contributed by atoms with Crippen LogP contribution in [0.3, 0.4) is 0 Å². The quantitative estimate of drug-likeness (QED) is 0.800. The van der Waals surface area contributed by atoms with Gasteiger partial charge in [0.25, 0.3) is 0 Å². The molecule has 0 atom stereocenters. The zero-order valence-corrected chi connectivity index (χ0v) is 9.52. The van der Waals surface area contributed by atoms with Crippen molar-refractivity contribution in [2.75, 3.05) is 0 Å². The largest absolute Gasteiger partial charge is 0.239 e. The molecule has 0 unspecified atom stereocenters. The summed E-state index contributed by atoms with van der Waals surface area (Å²) in [5.74, 6) is 0. The molecule has 66 valence electrons. The van der Waals surface area contributed by atoms with E-state index >= 15 is 0 Å². The Bertz CT molecular complexity index is 404. The van der Waals surface area contributed by atoms with Crippen molar-refractivity contribution in [3.63, 3.8) is 0 Å². The lowest BCUT2D eigenvalue weighted by Gasteiger charge is -2.00. The molecule has 0 radical (unpaired) electrons. The van der Waals surface area contributed by atoms with Crippen molar-refractivity contribution < 1.29 is 8.42 Å². The number of benzene rings is 1. The van der Waals surface area contributed by atoms with E-state index in [1.54, 1.807) is 12.1 Å². The molecule has 12 heavy (non-hydrogen) atoms. The molecule has 0 aliphatic heterocycles. The topological polar surface area (TPSA) is 60.2 Å². The average Bonchev–Trinajstić information content (AvgIpc) is 1.83. The predicted molar refractivity (Wildman–Crippen MR) is 55.5 cm³/mol. The summed E-state index contributed by atoms with van der Waals surface area (Å²) >= 11 is 7.68. The third-order valence-corrected chi connectivity index (χ3v) is 3.27. The summed E-state index contributed by atoms with van der Waals surface area (Å²) in [5.41, 5.74) is 0. The number of halogens is 2. The van der Waals surface area contributed by atoms with Crippen LogP contribution >= 0.6 is 34.2 Å². The van der Waals surface area contributed by atoms with E-state index in [0.29, 0.717) is 0 Å². The second-order valence-corrected chi connectivity index (χ2v) is 5.30. The summed E-state index contributed by atoms with van der Waals surface area (Å²) in [5, 5.41) is 5.05. The molecule has 0 saturated heterocycles. The Hall–Kier alpha value is 0.150. The lowest BCUT2D eigenvalue weighted by Crippen LogP contribution is -2.12. The predicted octanol–water partition coefficient (Wildman–Crippen LogP) is 1.59. The number of rotatable bonds is 1. The average molecular weight is 318 g/mol. The minimum Gasteiger partial charge on any atom is -0.225 e. The molecule has 0 spiro atoms. The Kier molecular flexibility index (Phi) is 2.97. The monoisotopic (exact) mass is 317 g/mol. The molecule has 1 aromatic rings. The van der Waals surface area contributed by atoms with E-state index in [0.717, 1.165) is 3.57 Å². The molecule has 0 aliphatic carbocycles. The van der Waals surface area contributed by atoms with Gasteiger partial charge >= 0.3 is 0 Å². The maximum absolute atomic E-state index is 10.9. The van der Waals surface area contributed by atoms with Crippen molar-refractivity contribution in [1.82, 2.24) is 0 Å². The van der Waals surface area contributed by atoms with Gasteiger partial charge in [-0.05, 0) is 40.8 Å². The van der Waals surface area contributed by atoms with Crippen LogP contribution in [0.15, 0.2) is 23.1 Å². The Balaban J connectivity index is 3.39. The highest BCUT2D eigenvalue weighted by Gasteiger charge is 2.11. The summed E-state index contributed by atoms with van der Waals surface area (Å²) < 4.78 is 22.6. The van der Waals surface area contributed by atoms with Crippen LogP contribution in [0.5, 0.6) is 0 Å². The number of hydrogen-bond donors (Lipinski definition) is 1. The fraction of sp³-hybridized carbons (Fsp3) is 0. The van der Waals surface area contributed by atoms with Gasteiger partial charge in [-0.3, -0.25) is 0 Å². The first-order valence-electron chi connectivity index (χ1n) is 2.89.